The van der Waals surface area contributed by atoms with E-state index in [0.717, 1.165) is 35.3 Å². The topological polar surface area (TPSA) is 69.0 Å². The fourth-order valence-corrected chi connectivity index (χ4v) is 3.58. The minimum absolute atomic E-state index is 0.0966. The van der Waals surface area contributed by atoms with Crippen LogP contribution in [0.1, 0.15) is 57.9 Å². The molecule has 1 fully saturated rings. The van der Waals surface area contributed by atoms with E-state index in [-0.39, 0.29) is 5.91 Å². The number of rotatable bonds is 6. The summed E-state index contributed by atoms with van der Waals surface area (Å²) in [5.74, 6) is 1.67. The molecule has 1 saturated carbocycles. The van der Waals surface area contributed by atoms with Crippen molar-refractivity contribution in [3.05, 3.63) is 70.7 Å². The molecular weight excluding hydrogens is 364 g/mol. The normalized spacial score (nSPS) is 13.8. The second kappa shape index (κ2) is 8.07. The van der Waals surface area contributed by atoms with Gasteiger partial charge in [-0.25, -0.2) is 4.98 Å². The van der Waals surface area contributed by atoms with Gasteiger partial charge in [0.15, 0.2) is 0 Å². The lowest BCUT2D eigenvalue weighted by atomic mass is 9.80. The van der Waals surface area contributed by atoms with Gasteiger partial charge in [0.25, 0.3) is 5.91 Å². The van der Waals surface area contributed by atoms with Gasteiger partial charge in [-0.05, 0) is 61.4 Å². The predicted octanol–water partition coefficient (Wildman–Crippen LogP) is 4.42. The Kier molecular flexibility index (Phi) is 5.34. The first-order valence-electron chi connectivity index (χ1n) is 10.0. The van der Waals surface area contributed by atoms with Crippen LogP contribution in [-0.2, 0) is 13.6 Å². The highest BCUT2D eigenvalue weighted by Gasteiger charge is 2.27. The Morgan fingerprint density at radius 1 is 1.28 bits per heavy atom. The number of nitrogens with zero attached hydrogens (tertiary/aromatic N) is 3. The second-order valence-electron chi connectivity index (χ2n) is 7.69. The van der Waals surface area contributed by atoms with Crippen LogP contribution in [0.25, 0.3) is 0 Å². The average Bonchev–Trinajstić information content (AvgIpc) is 3.03. The number of pyridine rings is 1. The highest BCUT2D eigenvalue weighted by Crippen LogP contribution is 2.37. The third kappa shape index (κ3) is 4.01. The van der Waals surface area contributed by atoms with E-state index in [1.54, 1.807) is 10.9 Å². The Balaban J connectivity index is 1.44. The largest absolute Gasteiger partial charge is 0.439 e. The average molecular weight is 390 g/mol. The molecule has 1 aliphatic carbocycles. The lowest BCUT2D eigenvalue weighted by Gasteiger charge is -2.25. The highest BCUT2D eigenvalue weighted by atomic mass is 16.5. The molecule has 0 unspecified atom stereocenters. The molecule has 6 nitrogen and oxygen atoms in total. The summed E-state index contributed by atoms with van der Waals surface area (Å²) in [6, 6.07) is 9.69. The molecule has 0 spiro atoms. The predicted molar refractivity (Wildman–Crippen MR) is 111 cm³/mol. The molecule has 0 bridgehead atoms. The number of carbonyl (C=O) groups excluding carboxylic acids is 1. The molecular formula is C23H26N4O2. The SMILES string of the molecule is Cc1cccc(Oc2cc(CNC(=O)c3c(C4CCC4)cnn3C)ccn2)c1C. The van der Waals surface area contributed by atoms with Crippen molar-refractivity contribution < 1.29 is 9.53 Å². The summed E-state index contributed by atoms with van der Waals surface area (Å²) in [5.41, 5.74) is 4.92. The van der Waals surface area contributed by atoms with Crippen LogP contribution in [0.5, 0.6) is 11.6 Å². The van der Waals surface area contributed by atoms with Crippen LogP contribution >= 0.6 is 0 Å². The molecule has 0 saturated heterocycles. The van der Waals surface area contributed by atoms with Crippen molar-refractivity contribution in [1.29, 1.82) is 0 Å². The van der Waals surface area contributed by atoms with Crippen molar-refractivity contribution in [3.8, 4) is 11.6 Å². The molecule has 1 aliphatic rings. The molecule has 150 valence electrons. The maximum absolute atomic E-state index is 12.8. The zero-order valence-electron chi connectivity index (χ0n) is 17.1. The van der Waals surface area contributed by atoms with E-state index in [0.29, 0.717) is 24.0 Å². The van der Waals surface area contributed by atoms with Crippen LogP contribution in [0.3, 0.4) is 0 Å². The number of aromatic nitrogens is 3. The first kappa shape index (κ1) is 19.2. The summed E-state index contributed by atoms with van der Waals surface area (Å²) in [7, 11) is 1.82. The number of hydrogen-bond acceptors (Lipinski definition) is 4. The van der Waals surface area contributed by atoms with E-state index in [1.165, 1.54) is 12.0 Å². The van der Waals surface area contributed by atoms with Gasteiger partial charge >= 0.3 is 0 Å². The Morgan fingerprint density at radius 3 is 2.86 bits per heavy atom. The van der Waals surface area contributed by atoms with Crippen LogP contribution in [0.2, 0.25) is 0 Å². The van der Waals surface area contributed by atoms with Crippen molar-refractivity contribution in [1.82, 2.24) is 20.1 Å². The van der Waals surface area contributed by atoms with Gasteiger partial charge in [-0.3, -0.25) is 9.48 Å². The molecule has 1 N–H and O–H groups in total. The third-order valence-electron chi connectivity index (χ3n) is 5.75. The zero-order valence-corrected chi connectivity index (χ0v) is 17.1. The fraction of sp³-hybridized carbons (Fsp3) is 0.348. The van der Waals surface area contributed by atoms with Gasteiger partial charge < -0.3 is 10.1 Å². The van der Waals surface area contributed by atoms with Crippen LogP contribution in [0.4, 0.5) is 0 Å². The zero-order chi connectivity index (χ0) is 20.4. The fourth-order valence-electron chi connectivity index (χ4n) is 3.58. The molecule has 0 atom stereocenters. The Morgan fingerprint density at radius 2 is 2.10 bits per heavy atom. The van der Waals surface area contributed by atoms with E-state index >= 15 is 0 Å². The van der Waals surface area contributed by atoms with Gasteiger partial charge in [0.2, 0.25) is 5.88 Å². The molecule has 1 aromatic carbocycles. The maximum Gasteiger partial charge on any atom is 0.270 e. The van der Waals surface area contributed by atoms with E-state index in [9.17, 15) is 4.79 Å². The summed E-state index contributed by atoms with van der Waals surface area (Å²) in [6.45, 7) is 4.49. The number of carbonyl (C=O) groups is 1. The molecule has 3 aromatic rings. The standard InChI is InChI=1S/C23H26N4O2/c1-15-6-4-9-20(16(15)2)29-21-12-17(10-11-24-21)13-25-23(28)22-19(14-26-27(22)3)18-7-5-8-18/h4,6,9-12,14,18H,5,7-8,13H2,1-3H3,(H,25,28). The van der Waals surface area contributed by atoms with Crippen LogP contribution in [-0.4, -0.2) is 20.7 Å². The molecule has 4 rings (SSSR count). The van der Waals surface area contributed by atoms with Crippen molar-refractivity contribution >= 4 is 5.91 Å². The molecule has 2 heterocycles. The molecule has 0 aliphatic heterocycles. The summed E-state index contributed by atoms with van der Waals surface area (Å²) in [4.78, 5) is 17.1. The summed E-state index contributed by atoms with van der Waals surface area (Å²) < 4.78 is 7.63. The lowest BCUT2D eigenvalue weighted by Crippen LogP contribution is -2.27. The van der Waals surface area contributed by atoms with Crippen molar-refractivity contribution in [2.75, 3.05) is 0 Å². The van der Waals surface area contributed by atoms with Gasteiger partial charge in [0, 0.05) is 31.4 Å². The van der Waals surface area contributed by atoms with E-state index in [4.69, 9.17) is 4.74 Å². The van der Waals surface area contributed by atoms with E-state index < -0.39 is 0 Å². The van der Waals surface area contributed by atoms with Crippen molar-refractivity contribution in [3.63, 3.8) is 0 Å². The molecule has 2 aromatic heterocycles. The third-order valence-corrected chi connectivity index (χ3v) is 5.75. The quantitative estimate of drug-likeness (QED) is 0.676. The Hall–Kier alpha value is -3.15. The summed E-state index contributed by atoms with van der Waals surface area (Å²) in [6.07, 6.45) is 7.03. The van der Waals surface area contributed by atoms with Gasteiger partial charge in [-0.1, -0.05) is 18.6 Å². The molecule has 0 radical (unpaired) electrons. The lowest BCUT2D eigenvalue weighted by molar-refractivity contribution is 0.0939. The van der Waals surface area contributed by atoms with Gasteiger partial charge in [-0.15, -0.1) is 0 Å². The van der Waals surface area contributed by atoms with Gasteiger partial charge in [0.05, 0.1) is 6.20 Å². The van der Waals surface area contributed by atoms with Gasteiger partial charge in [0.1, 0.15) is 11.4 Å². The number of hydrogen-bond donors (Lipinski definition) is 1. The number of nitrogens with one attached hydrogen (secondary N) is 1. The number of benzene rings is 1. The number of aryl methyl sites for hydroxylation is 2. The van der Waals surface area contributed by atoms with Crippen LogP contribution in [0, 0.1) is 13.8 Å². The number of amides is 1. The minimum atomic E-state index is -0.0966. The Labute approximate surface area is 170 Å². The first-order chi connectivity index (χ1) is 14.0. The number of ether oxygens (including phenoxy) is 1. The highest BCUT2D eigenvalue weighted by molar-refractivity contribution is 5.94. The molecule has 29 heavy (non-hydrogen) atoms. The van der Waals surface area contributed by atoms with Crippen LogP contribution in [0.15, 0.2) is 42.7 Å². The molecule has 1 amide bonds. The van der Waals surface area contributed by atoms with Crippen molar-refractivity contribution in [2.45, 2.75) is 45.6 Å². The van der Waals surface area contributed by atoms with Crippen molar-refractivity contribution in [2.24, 2.45) is 7.05 Å². The minimum Gasteiger partial charge on any atom is -0.439 e. The first-order valence-corrected chi connectivity index (χ1v) is 10.0. The maximum atomic E-state index is 12.8. The van der Waals surface area contributed by atoms with E-state index in [1.807, 2.05) is 44.4 Å². The molecule has 6 heteroatoms. The summed E-state index contributed by atoms with van der Waals surface area (Å²) >= 11 is 0. The summed E-state index contributed by atoms with van der Waals surface area (Å²) in [5, 5.41) is 7.31. The van der Waals surface area contributed by atoms with Gasteiger partial charge in [-0.2, -0.15) is 5.10 Å². The second-order valence-corrected chi connectivity index (χ2v) is 7.69. The van der Waals surface area contributed by atoms with Crippen LogP contribution < -0.4 is 10.1 Å². The monoisotopic (exact) mass is 390 g/mol. The van der Waals surface area contributed by atoms with E-state index in [2.05, 4.69) is 28.4 Å². The smallest absolute Gasteiger partial charge is 0.270 e. The Bertz CT molecular complexity index is 1040.